The van der Waals surface area contributed by atoms with Crippen LogP contribution in [0.1, 0.15) is 0 Å². The molecule has 0 saturated carbocycles. The van der Waals surface area contributed by atoms with Crippen LogP contribution in [0, 0.1) is 0 Å². The van der Waals surface area contributed by atoms with E-state index in [2.05, 4.69) is 42.1 Å². The minimum Gasteiger partial charge on any atom is -0.277 e. The SMILES string of the molecule is FC(F)(F)C(=NNc1ccccc1)SSC(=NNc1ccccc1)C(F)(F)F.FC(F)(F)C(=NNc1ccccc1)SSC(=NNc1ccccc1)C(F)(F)F. The molecule has 0 saturated heterocycles. The summed E-state index contributed by atoms with van der Waals surface area (Å²) in [7, 11) is -0.775. The van der Waals surface area contributed by atoms with Gasteiger partial charge in [0.1, 0.15) is 0 Å². The highest BCUT2D eigenvalue weighted by Crippen LogP contribution is 2.40. The molecule has 300 valence electrons. The monoisotopic (exact) mass is 876 g/mol. The molecule has 0 radical (unpaired) electrons. The standard InChI is InChI=1S/2C16H12F6N4S2/c2*17-15(18,19)13(25-23-11-7-3-1-4-8-11)27-28-14(16(20,21)22)26-24-12-9-5-2-6-10-12/h2*1-10,23-24H. The Labute approximate surface area is 325 Å². The Morgan fingerprint density at radius 3 is 0.607 bits per heavy atom. The summed E-state index contributed by atoms with van der Waals surface area (Å²) in [5, 5.41) is 6.76. The van der Waals surface area contributed by atoms with E-state index in [1.54, 1.807) is 72.8 Å². The zero-order chi connectivity index (χ0) is 41.2. The Bertz CT molecular complexity index is 1610. The average Bonchev–Trinajstić information content (AvgIpc) is 3.13. The number of anilines is 4. The van der Waals surface area contributed by atoms with Gasteiger partial charge in [-0.3, -0.25) is 21.7 Å². The van der Waals surface area contributed by atoms with Crippen molar-refractivity contribution in [2.45, 2.75) is 24.7 Å². The van der Waals surface area contributed by atoms with E-state index in [1.807, 2.05) is 0 Å². The Morgan fingerprint density at radius 2 is 0.464 bits per heavy atom. The molecule has 0 atom stereocenters. The lowest BCUT2D eigenvalue weighted by molar-refractivity contribution is -0.0565. The van der Waals surface area contributed by atoms with Crippen molar-refractivity contribution >= 4 is 86.1 Å². The third-order valence-corrected chi connectivity index (χ3v) is 10.1. The lowest BCUT2D eigenvalue weighted by Gasteiger charge is -2.13. The molecule has 0 amide bonds. The number of nitrogens with zero attached hydrogens (tertiary/aromatic N) is 4. The van der Waals surface area contributed by atoms with Crippen molar-refractivity contribution in [2.24, 2.45) is 20.4 Å². The predicted molar refractivity (Wildman–Crippen MR) is 205 cm³/mol. The summed E-state index contributed by atoms with van der Waals surface area (Å²) >= 11 is 0. The maximum absolute atomic E-state index is 13.1. The van der Waals surface area contributed by atoms with E-state index in [1.165, 1.54) is 48.5 Å². The Hall–Kier alpha value is -4.68. The second-order valence-corrected chi connectivity index (χ2v) is 14.1. The molecule has 0 aliphatic rings. The van der Waals surface area contributed by atoms with Gasteiger partial charge in [0, 0.05) is 0 Å². The number of para-hydroxylation sites is 4. The number of nitrogens with one attached hydrogen (secondary N) is 4. The highest BCUT2D eigenvalue weighted by atomic mass is 33.1. The molecule has 0 fully saturated rings. The normalized spacial score (nSPS) is 13.4. The van der Waals surface area contributed by atoms with Crippen LogP contribution in [0.15, 0.2) is 142 Å². The molecule has 0 unspecified atom stereocenters. The molecular formula is C32H24F12N8S4. The first-order valence-corrected chi connectivity index (χ1v) is 19.1. The number of hydrazone groups is 4. The topological polar surface area (TPSA) is 97.6 Å². The van der Waals surface area contributed by atoms with Crippen LogP contribution in [0.4, 0.5) is 75.4 Å². The summed E-state index contributed by atoms with van der Waals surface area (Å²) < 4.78 is 157. The van der Waals surface area contributed by atoms with Gasteiger partial charge >= 0.3 is 24.7 Å². The molecular weight excluding hydrogens is 853 g/mol. The number of hydrogen-bond donors (Lipinski definition) is 4. The van der Waals surface area contributed by atoms with Crippen LogP contribution in [0.2, 0.25) is 0 Å². The molecule has 4 rings (SSSR count). The Morgan fingerprint density at radius 1 is 0.304 bits per heavy atom. The van der Waals surface area contributed by atoms with Crippen molar-refractivity contribution in [3.05, 3.63) is 121 Å². The number of halogens is 12. The number of alkyl halides is 12. The van der Waals surface area contributed by atoms with Gasteiger partial charge in [-0.05, 0) is 91.7 Å². The van der Waals surface area contributed by atoms with Crippen LogP contribution in [0.3, 0.4) is 0 Å². The maximum Gasteiger partial charge on any atom is 0.442 e. The van der Waals surface area contributed by atoms with E-state index < -0.39 is 44.9 Å². The first-order chi connectivity index (χ1) is 26.3. The van der Waals surface area contributed by atoms with Gasteiger partial charge in [0.05, 0.1) is 22.7 Å². The zero-order valence-corrected chi connectivity index (χ0v) is 30.8. The summed E-state index contributed by atoms with van der Waals surface area (Å²) in [6, 6.07) is 30.8. The molecule has 0 bridgehead atoms. The molecule has 24 heteroatoms. The molecule has 4 aromatic rings. The smallest absolute Gasteiger partial charge is 0.277 e. The summed E-state index contributed by atoms with van der Waals surface area (Å²) in [5.74, 6) is 0. The fraction of sp³-hybridized carbons (Fsp3) is 0.125. The van der Waals surface area contributed by atoms with Crippen molar-refractivity contribution in [1.29, 1.82) is 0 Å². The predicted octanol–water partition coefficient (Wildman–Crippen LogP) is 12.7. The van der Waals surface area contributed by atoms with Crippen LogP contribution in [-0.2, 0) is 0 Å². The molecule has 4 N–H and O–H groups in total. The largest absolute Gasteiger partial charge is 0.442 e. The van der Waals surface area contributed by atoms with Gasteiger partial charge in [-0.2, -0.15) is 73.1 Å². The molecule has 0 heterocycles. The number of rotatable bonds is 8. The second kappa shape index (κ2) is 21.6. The summed E-state index contributed by atoms with van der Waals surface area (Å²) in [4.78, 5) is 0. The summed E-state index contributed by atoms with van der Waals surface area (Å²) in [6.07, 6.45) is -19.8. The van der Waals surface area contributed by atoms with E-state index in [9.17, 15) is 52.7 Å². The van der Waals surface area contributed by atoms with Crippen molar-refractivity contribution in [1.82, 2.24) is 0 Å². The van der Waals surface area contributed by atoms with Gasteiger partial charge in [-0.15, -0.1) is 0 Å². The van der Waals surface area contributed by atoms with E-state index in [4.69, 9.17) is 0 Å². The molecule has 0 aliphatic heterocycles. The molecule has 4 aromatic carbocycles. The van der Waals surface area contributed by atoms with Crippen LogP contribution in [-0.4, -0.2) is 44.9 Å². The lowest BCUT2D eigenvalue weighted by atomic mass is 10.3. The third-order valence-electron chi connectivity index (χ3n) is 5.61. The number of hydrogen-bond acceptors (Lipinski definition) is 12. The highest BCUT2D eigenvalue weighted by molar-refractivity contribution is 8.87. The van der Waals surface area contributed by atoms with Gasteiger partial charge in [0.25, 0.3) is 0 Å². The van der Waals surface area contributed by atoms with Gasteiger partial charge < -0.3 is 0 Å². The quantitative estimate of drug-likeness (QED) is 0.0457. The van der Waals surface area contributed by atoms with Crippen LogP contribution < -0.4 is 21.7 Å². The maximum atomic E-state index is 13.1. The van der Waals surface area contributed by atoms with Crippen molar-refractivity contribution in [3.8, 4) is 0 Å². The first kappa shape index (κ1) is 45.7. The fourth-order valence-electron chi connectivity index (χ4n) is 3.19. The van der Waals surface area contributed by atoms with Crippen LogP contribution in [0.25, 0.3) is 0 Å². The minimum absolute atomic E-state index is 0.194. The fourth-order valence-corrected chi connectivity index (χ4v) is 6.74. The van der Waals surface area contributed by atoms with Crippen LogP contribution >= 0.6 is 43.2 Å². The highest BCUT2D eigenvalue weighted by Gasteiger charge is 2.43. The summed E-state index contributed by atoms with van der Waals surface area (Å²) in [6.45, 7) is 0. The lowest BCUT2D eigenvalue weighted by Crippen LogP contribution is -2.23. The second-order valence-electron chi connectivity index (χ2n) is 9.90. The minimum atomic E-state index is -4.94. The van der Waals surface area contributed by atoms with E-state index in [0.717, 1.165) is 0 Å². The van der Waals surface area contributed by atoms with Crippen molar-refractivity contribution < 1.29 is 52.7 Å². The summed E-state index contributed by atoms with van der Waals surface area (Å²) in [5.41, 5.74) is 9.69. The Balaban J connectivity index is 0.000000300. The van der Waals surface area contributed by atoms with Gasteiger partial charge in [-0.1, -0.05) is 72.8 Å². The molecule has 0 aliphatic carbocycles. The van der Waals surface area contributed by atoms with E-state index in [0.29, 0.717) is 0 Å². The molecule has 0 spiro atoms. The van der Waals surface area contributed by atoms with Gasteiger partial charge in [0.2, 0.25) is 20.2 Å². The van der Waals surface area contributed by atoms with Crippen LogP contribution in [0.5, 0.6) is 0 Å². The first-order valence-electron chi connectivity index (χ1n) is 14.8. The molecule has 0 aromatic heterocycles. The molecule has 8 nitrogen and oxygen atoms in total. The number of benzene rings is 4. The van der Waals surface area contributed by atoms with Gasteiger partial charge in [0.15, 0.2) is 0 Å². The zero-order valence-electron chi connectivity index (χ0n) is 27.5. The third kappa shape index (κ3) is 17.4. The van der Waals surface area contributed by atoms with Crippen molar-refractivity contribution in [2.75, 3.05) is 21.7 Å². The average molecular weight is 877 g/mol. The van der Waals surface area contributed by atoms with E-state index >= 15 is 0 Å². The van der Waals surface area contributed by atoms with Crippen molar-refractivity contribution in [3.63, 3.8) is 0 Å². The molecule has 56 heavy (non-hydrogen) atoms. The Kier molecular flexibility index (Phi) is 17.6. The van der Waals surface area contributed by atoms with Gasteiger partial charge in [-0.25, -0.2) is 0 Å². The van der Waals surface area contributed by atoms with E-state index in [-0.39, 0.29) is 65.9 Å².